The predicted octanol–water partition coefficient (Wildman–Crippen LogP) is 1.29. The molecule has 0 radical (unpaired) electrons. The average molecular weight is 172 g/mol. The third-order valence-corrected chi connectivity index (χ3v) is 4.07. The molecule has 2 aliphatic rings. The van der Waals surface area contributed by atoms with Crippen molar-refractivity contribution in [2.75, 3.05) is 11.5 Å². The number of sulfone groups is 1. The monoisotopic (exact) mass is 172 g/mol. The minimum absolute atomic E-state index is 0.363. The van der Waals surface area contributed by atoms with Crippen LogP contribution >= 0.6 is 0 Å². The van der Waals surface area contributed by atoms with Crippen molar-refractivity contribution in [2.24, 2.45) is 0 Å². The van der Waals surface area contributed by atoms with Crippen LogP contribution in [-0.4, -0.2) is 19.9 Å². The maximum atomic E-state index is 11.2. The van der Waals surface area contributed by atoms with E-state index in [0.717, 1.165) is 12.8 Å². The summed E-state index contributed by atoms with van der Waals surface area (Å²) in [5.74, 6) is 0.727. The molecule has 11 heavy (non-hydrogen) atoms. The van der Waals surface area contributed by atoms with E-state index >= 15 is 0 Å². The Labute approximate surface area is 67.2 Å². The Kier molecular flexibility index (Phi) is 1.56. The van der Waals surface area contributed by atoms with Crippen molar-refractivity contribution in [3.63, 3.8) is 0 Å². The largest absolute Gasteiger partial charge is 0.228 e. The standard InChI is InChI=1S/C8H12O2S/c9-11(10)5-7-3-1-2-4-8(7)6-11/h1-6H2. The molecule has 1 aliphatic carbocycles. The van der Waals surface area contributed by atoms with Crippen molar-refractivity contribution in [3.8, 4) is 0 Å². The van der Waals surface area contributed by atoms with Gasteiger partial charge >= 0.3 is 0 Å². The van der Waals surface area contributed by atoms with E-state index in [0.29, 0.717) is 11.5 Å². The lowest BCUT2D eigenvalue weighted by Crippen LogP contribution is -2.02. The van der Waals surface area contributed by atoms with Crippen LogP contribution in [0.3, 0.4) is 0 Å². The van der Waals surface area contributed by atoms with Crippen LogP contribution in [0.4, 0.5) is 0 Å². The Bertz CT molecular complexity index is 274. The van der Waals surface area contributed by atoms with Gasteiger partial charge in [-0.2, -0.15) is 0 Å². The maximum Gasteiger partial charge on any atom is 0.157 e. The van der Waals surface area contributed by atoms with Crippen LogP contribution < -0.4 is 0 Å². The fraction of sp³-hybridized carbons (Fsp3) is 0.750. The summed E-state index contributed by atoms with van der Waals surface area (Å²) in [5.41, 5.74) is 2.47. The second-order valence-electron chi connectivity index (χ2n) is 3.45. The summed E-state index contributed by atoms with van der Waals surface area (Å²) in [6, 6.07) is 0. The average Bonchev–Trinajstić information content (AvgIpc) is 2.21. The third kappa shape index (κ3) is 1.34. The molecular formula is C8H12O2S. The zero-order valence-electron chi connectivity index (χ0n) is 6.47. The van der Waals surface area contributed by atoms with Gasteiger partial charge in [-0.25, -0.2) is 8.42 Å². The highest BCUT2D eigenvalue weighted by Gasteiger charge is 2.28. The molecule has 2 nitrogen and oxygen atoms in total. The van der Waals surface area contributed by atoms with Crippen molar-refractivity contribution in [2.45, 2.75) is 25.7 Å². The zero-order valence-corrected chi connectivity index (χ0v) is 7.28. The van der Waals surface area contributed by atoms with Gasteiger partial charge in [0.25, 0.3) is 0 Å². The van der Waals surface area contributed by atoms with Gasteiger partial charge in [-0.3, -0.25) is 0 Å². The summed E-state index contributed by atoms with van der Waals surface area (Å²) in [6.07, 6.45) is 4.45. The van der Waals surface area contributed by atoms with Crippen LogP contribution in [0, 0.1) is 0 Å². The van der Waals surface area contributed by atoms with Gasteiger partial charge in [0.1, 0.15) is 0 Å². The first-order valence-electron chi connectivity index (χ1n) is 4.07. The minimum Gasteiger partial charge on any atom is -0.228 e. The van der Waals surface area contributed by atoms with E-state index in [1.54, 1.807) is 0 Å². The number of hydrogen-bond donors (Lipinski definition) is 0. The normalized spacial score (nSPS) is 28.7. The first kappa shape index (κ1) is 7.35. The zero-order chi connectivity index (χ0) is 7.90. The Morgan fingerprint density at radius 1 is 0.909 bits per heavy atom. The van der Waals surface area contributed by atoms with E-state index in [-0.39, 0.29) is 0 Å². The second-order valence-corrected chi connectivity index (χ2v) is 5.51. The van der Waals surface area contributed by atoms with Crippen LogP contribution in [0.1, 0.15) is 25.7 Å². The maximum absolute atomic E-state index is 11.2. The molecule has 3 heteroatoms. The SMILES string of the molecule is O=S1(=O)CC2=C(CCCC2)C1. The van der Waals surface area contributed by atoms with Gasteiger partial charge in [-0.05, 0) is 25.7 Å². The Balaban J connectivity index is 2.29. The van der Waals surface area contributed by atoms with Crippen LogP contribution in [0.25, 0.3) is 0 Å². The number of hydrogen-bond acceptors (Lipinski definition) is 2. The minimum atomic E-state index is -2.70. The third-order valence-electron chi connectivity index (χ3n) is 2.50. The molecule has 0 unspecified atom stereocenters. The highest BCUT2D eigenvalue weighted by Crippen LogP contribution is 2.31. The molecule has 0 aromatic heterocycles. The molecule has 0 spiro atoms. The predicted molar refractivity (Wildman–Crippen MR) is 44.1 cm³/mol. The fourth-order valence-corrected chi connectivity index (χ4v) is 3.82. The van der Waals surface area contributed by atoms with E-state index in [4.69, 9.17) is 0 Å². The smallest absolute Gasteiger partial charge is 0.157 e. The highest BCUT2D eigenvalue weighted by molar-refractivity contribution is 7.92. The van der Waals surface area contributed by atoms with Gasteiger partial charge in [-0.1, -0.05) is 11.1 Å². The molecule has 0 bridgehead atoms. The van der Waals surface area contributed by atoms with Crippen LogP contribution in [-0.2, 0) is 9.84 Å². The quantitative estimate of drug-likeness (QED) is 0.516. The van der Waals surface area contributed by atoms with Crippen molar-refractivity contribution in [1.29, 1.82) is 0 Å². The molecule has 0 fully saturated rings. The summed E-state index contributed by atoms with van der Waals surface area (Å²) in [7, 11) is -2.70. The molecule has 0 saturated heterocycles. The fourth-order valence-electron chi connectivity index (χ4n) is 1.96. The van der Waals surface area contributed by atoms with Crippen molar-refractivity contribution in [1.82, 2.24) is 0 Å². The molecule has 62 valence electrons. The lowest BCUT2D eigenvalue weighted by molar-refractivity contribution is 0.602. The van der Waals surface area contributed by atoms with E-state index in [2.05, 4.69) is 0 Å². The van der Waals surface area contributed by atoms with Crippen molar-refractivity contribution >= 4 is 9.84 Å². The first-order valence-corrected chi connectivity index (χ1v) is 5.90. The van der Waals surface area contributed by atoms with E-state index < -0.39 is 9.84 Å². The molecule has 0 saturated carbocycles. The molecule has 0 N–H and O–H groups in total. The Morgan fingerprint density at radius 2 is 1.36 bits per heavy atom. The molecule has 0 aromatic rings. The molecule has 2 rings (SSSR count). The molecule has 1 heterocycles. The van der Waals surface area contributed by atoms with Gasteiger partial charge in [0.15, 0.2) is 9.84 Å². The van der Waals surface area contributed by atoms with Crippen LogP contribution in [0.2, 0.25) is 0 Å². The molecule has 1 aliphatic heterocycles. The van der Waals surface area contributed by atoms with E-state index in [9.17, 15) is 8.42 Å². The van der Waals surface area contributed by atoms with Gasteiger partial charge in [-0.15, -0.1) is 0 Å². The summed E-state index contributed by atoms with van der Waals surface area (Å²) in [6.45, 7) is 0. The van der Waals surface area contributed by atoms with Gasteiger partial charge < -0.3 is 0 Å². The second kappa shape index (κ2) is 2.34. The highest BCUT2D eigenvalue weighted by atomic mass is 32.2. The summed E-state index contributed by atoms with van der Waals surface area (Å²) in [4.78, 5) is 0. The van der Waals surface area contributed by atoms with Crippen LogP contribution in [0.15, 0.2) is 11.1 Å². The van der Waals surface area contributed by atoms with Crippen molar-refractivity contribution in [3.05, 3.63) is 11.1 Å². The van der Waals surface area contributed by atoms with Gasteiger partial charge in [0, 0.05) is 0 Å². The molecule has 0 aromatic carbocycles. The van der Waals surface area contributed by atoms with E-state index in [1.165, 1.54) is 24.0 Å². The van der Waals surface area contributed by atoms with Crippen molar-refractivity contribution < 1.29 is 8.42 Å². The van der Waals surface area contributed by atoms with E-state index in [1.807, 2.05) is 0 Å². The molecular weight excluding hydrogens is 160 g/mol. The Hall–Kier alpha value is -0.310. The first-order chi connectivity index (χ1) is 5.17. The molecule has 0 amide bonds. The lowest BCUT2D eigenvalue weighted by atomic mass is 9.94. The van der Waals surface area contributed by atoms with Crippen LogP contribution in [0.5, 0.6) is 0 Å². The summed E-state index contributed by atoms with van der Waals surface area (Å²) >= 11 is 0. The molecule has 0 atom stereocenters. The Morgan fingerprint density at radius 3 is 1.82 bits per heavy atom. The number of rotatable bonds is 0. The lowest BCUT2D eigenvalue weighted by Gasteiger charge is -2.11. The topological polar surface area (TPSA) is 34.1 Å². The van der Waals surface area contributed by atoms with Gasteiger partial charge in [0.2, 0.25) is 0 Å². The summed E-state index contributed by atoms with van der Waals surface area (Å²) in [5, 5.41) is 0. The van der Waals surface area contributed by atoms with Gasteiger partial charge in [0.05, 0.1) is 11.5 Å². The summed E-state index contributed by atoms with van der Waals surface area (Å²) < 4.78 is 22.3.